The maximum absolute atomic E-state index is 12.4. The summed E-state index contributed by atoms with van der Waals surface area (Å²) in [7, 11) is 3.55. The molecule has 3 aromatic heterocycles. The highest BCUT2D eigenvalue weighted by atomic mass is 16.5. The molecule has 0 N–H and O–H groups in total. The number of hydrogen-bond donors (Lipinski definition) is 0. The topological polar surface area (TPSA) is 77.0 Å². The highest BCUT2D eigenvalue weighted by Gasteiger charge is 2.18. The zero-order valence-corrected chi connectivity index (χ0v) is 12.3. The smallest absolute Gasteiger partial charge is 0.276 e. The molecule has 0 aliphatic heterocycles. The summed E-state index contributed by atoms with van der Waals surface area (Å²) in [5.74, 6) is 0.314. The van der Waals surface area contributed by atoms with Crippen LogP contribution >= 0.6 is 0 Å². The van der Waals surface area contributed by atoms with Crippen LogP contribution in [0.3, 0.4) is 0 Å². The van der Waals surface area contributed by atoms with E-state index in [1.54, 1.807) is 47.4 Å². The van der Waals surface area contributed by atoms with Crippen molar-refractivity contribution in [1.82, 2.24) is 24.8 Å². The second-order valence-corrected chi connectivity index (χ2v) is 5.00. The zero-order valence-electron chi connectivity index (χ0n) is 12.3. The summed E-state index contributed by atoms with van der Waals surface area (Å²) in [6.45, 7) is 0.460. The lowest BCUT2D eigenvalue weighted by Gasteiger charge is -2.13. The predicted molar refractivity (Wildman–Crippen MR) is 78.7 cm³/mol. The SMILES string of the molecule is CN(Cc1cnn(C)c1)C(=O)c1cc(-c2cccnc2)on1. The largest absolute Gasteiger partial charge is 0.355 e. The van der Waals surface area contributed by atoms with E-state index in [4.69, 9.17) is 4.52 Å². The summed E-state index contributed by atoms with van der Waals surface area (Å²) in [6.07, 6.45) is 6.93. The standard InChI is InChI=1S/C15H15N5O2/c1-19(9-11-7-17-20(2)10-11)15(21)13-6-14(22-18-13)12-4-3-5-16-8-12/h3-8,10H,9H2,1-2H3. The number of pyridine rings is 1. The quantitative estimate of drug-likeness (QED) is 0.733. The molecule has 7 heteroatoms. The Balaban J connectivity index is 1.74. The molecule has 3 aromatic rings. The lowest BCUT2D eigenvalue weighted by Crippen LogP contribution is -2.26. The average Bonchev–Trinajstić information content (AvgIpc) is 3.17. The van der Waals surface area contributed by atoms with Crippen molar-refractivity contribution in [2.45, 2.75) is 6.54 Å². The van der Waals surface area contributed by atoms with Crippen molar-refractivity contribution in [3.8, 4) is 11.3 Å². The molecular formula is C15H15N5O2. The van der Waals surface area contributed by atoms with Crippen molar-refractivity contribution in [3.63, 3.8) is 0 Å². The van der Waals surface area contributed by atoms with Crippen LogP contribution in [0.4, 0.5) is 0 Å². The molecule has 112 valence electrons. The summed E-state index contributed by atoms with van der Waals surface area (Å²) >= 11 is 0. The van der Waals surface area contributed by atoms with E-state index in [1.165, 1.54) is 0 Å². The zero-order chi connectivity index (χ0) is 15.5. The van der Waals surface area contributed by atoms with Crippen LogP contribution in [0.15, 0.2) is 47.5 Å². The maximum Gasteiger partial charge on any atom is 0.276 e. The van der Waals surface area contributed by atoms with Gasteiger partial charge in [0, 0.05) is 56.4 Å². The predicted octanol–water partition coefficient (Wildman–Crippen LogP) is 1.74. The van der Waals surface area contributed by atoms with Gasteiger partial charge in [-0.2, -0.15) is 5.10 Å². The minimum atomic E-state index is -0.206. The monoisotopic (exact) mass is 297 g/mol. The van der Waals surface area contributed by atoms with E-state index < -0.39 is 0 Å². The van der Waals surface area contributed by atoms with Gasteiger partial charge >= 0.3 is 0 Å². The van der Waals surface area contributed by atoms with Gasteiger partial charge in [-0.15, -0.1) is 0 Å². The van der Waals surface area contributed by atoms with Crippen LogP contribution in [-0.4, -0.2) is 37.8 Å². The fourth-order valence-corrected chi connectivity index (χ4v) is 2.12. The van der Waals surface area contributed by atoms with Crippen LogP contribution in [0.25, 0.3) is 11.3 Å². The minimum Gasteiger partial charge on any atom is -0.355 e. The van der Waals surface area contributed by atoms with Gasteiger partial charge in [-0.1, -0.05) is 5.16 Å². The van der Waals surface area contributed by atoms with Gasteiger partial charge < -0.3 is 9.42 Å². The fourth-order valence-electron chi connectivity index (χ4n) is 2.12. The van der Waals surface area contributed by atoms with Crippen molar-refractivity contribution in [2.24, 2.45) is 7.05 Å². The summed E-state index contributed by atoms with van der Waals surface area (Å²) in [5.41, 5.74) is 2.00. The number of amides is 1. The Hall–Kier alpha value is -2.96. The van der Waals surface area contributed by atoms with E-state index >= 15 is 0 Å². The third-order valence-corrected chi connectivity index (χ3v) is 3.20. The van der Waals surface area contributed by atoms with Crippen LogP contribution in [0, 0.1) is 0 Å². The summed E-state index contributed by atoms with van der Waals surface area (Å²) in [4.78, 5) is 17.9. The highest BCUT2D eigenvalue weighted by molar-refractivity contribution is 5.92. The number of carbonyl (C=O) groups is 1. The van der Waals surface area contributed by atoms with Crippen LogP contribution in [-0.2, 0) is 13.6 Å². The van der Waals surface area contributed by atoms with E-state index in [9.17, 15) is 4.79 Å². The number of aromatic nitrogens is 4. The Labute approximate surface area is 127 Å². The maximum atomic E-state index is 12.4. The van der Waals surface area contributed by atoms with Gasteiger partial charge in [-0.05, 0) is 12.1 Å². The van der Waals surface area contributed by atoms with Crippen molar-refractivity contribution in [2.75, 3.05) is 7.05 Å². The molecular weight excluding hydrogens is 282 g/mol. The molecule has 0 unspecified atom stereocenters. The Kier molecular flexibility index (Phi) is 3.69. The number of carbonyl (C=O) groups excluding carboxylic acids is 1. The third kappa shape index (κ3) is 2.88. The Morgan fingerprint density at radius 3 is 2.95 bits per heavy atom. The number of hydrogen-bond acceptors (Lipinski definition) is 5. The average molecular weight is 297 g/mol. The first-order valence-electron chi connectivity index (χ1n) is 6.73. The first-order valence-corrected chi connectivity index (χ1v) is 6.73. The molecule has 1 amide bonds. The van der Waals surface area contributed by atoms with Crippen molar-refractivity contribution in [3.05, 3.63) is 54.2 Å². The van der Waals surface area contributed by atoms with Crippen LogP contribution in [0.1, 0.15) is 16.1 Å². The highest BCUT2D eigenvalue weighted by Crippen LogP contribution is 2.19. The Morgan fingerprint density at radius 1 is 1.41 bits per heavy atom. The summed E-state index contributed by atoms with van der Waals surface area (Å²) < 4.78 is 6.92. The van der Waals surface area contributed by atoms with Crippen molar-refractivity contribution < 1.29 is 9.32 Å². The first-order chi connectivity index (χ1) is 10.6. The van der Waals surface area contributed by atoms with Gasteiger partial charge in [0.15, 0.2) is 11.5 Å². The molecule has 3 rings (SSSR count). The Morgan fingerprint density at radius 2 is 2.27 bits per heavy atom. The molecule has 0 aromatic carbocycles. The van der Waals surface area contributed by atoms with Gasteiger partial charge in [0.25, 0.3) is 5.91 Å². The van der Waals surface area contributed by atoms with Crippen LogP contribution in [0.2, 0.25) is 0 Å². The van der Waals surface area contributed by atoms with Crippen LogP contribution < -0.4 is 0 Å². The van der Waals surface area contributed by atoms with E-state index in [2.05, 4.69) is 15.2 Å². The second-order valence-electron chi connectivity index (χ2n) is 5.00. The van der Waals surface area contributed by atoms with Crippen molar-refractivity contribution in [1.29, 1.82) is 0 Å². The molecule has 0 aliphatic rings. The van der Waals surface area contributed by atoms with E-state index in [0.717, 1.165) is 11.1 Å². The van der Waals surface area contributed by atoms with Gasteiger partial charge in [0.1, 0.15) is 0 Å². The molecule has 0 radical (unpaired) electrons. The minimum absolute atomic E-state index is 0.206. The molecule has 0 atom stereocenters. The summed E-state index contributed by atoms with van der Waals surface area (Å²) in [5, 5.41) is 7.93. The van der Waals surface area contributed by atoms with Gasteiger partial charge in [-0.25, -0.2) is 0 Å². The van der Waals surface area contributed by atoms with E-state index in [-0.39, 0.29) is 11.6 Å². The molecule has 0 saturated heterocycles. The Bertz CT molecular complexity index is 778. The number of aryl methyl sites for hydroxylation is 1. The molecule has 0 fully saturated rings. The molecule has 0 bridgehead atoms. The second kappa shape index (κ2) is 5.80. The lowest BCUT2D eigenvalue weighted by atomic mass is 10.2. The lowest BCUT2D eigenvalue weighted by molar-refractivity contribution is 0.0775. The van der Waals surface area contributed by atoms with Crippen LogP contribution in [0.5, 0.6) is 0 Å². The molecule has 0 spiro atoms. The summed E-state index contributed by atoms with van der Waals surface area (Å²) in [6, 6.07) is 5.27. The number of nitrogens with zero attached hydrogens (tertiary/aromatic N) is 5. The fraction of sp³-hybridized carbons (Fsp3) is 0.200. The first kappa shape index (κ1) is 14.0. The van der Waals surface area contributed by atoms with Gasteiger partial charge in [-0.3, -0.25) is 14.5 Å². The third-order valence-electron chi connectivity index (χ3n) is 3.20. The normalized spacial score (nSPS) is 10.6. The molecule has 3 heterocycles. The van der Waals surface area contributed by atoms with Gasteiger partial charge in [0.2, 0.25) is 0 Å². The number of rotatable bonds is 4. The molecule has 22 heavy (non-hydrogen) atoms. The van der Waals surface area contributed by atoms with Crippen molar-refractivity contribution >= 4 is 5.91 Å². The molecule has 0 saturated carbocycles. The molecule has 0 aliphatic carbocycles. The van der Waals surface area contributed by atoms with E-state index in [0.29, 0.717) is 12.3 Å². The van der Waals surface area contributed by atoms with Gasteiger partial charge in [0.05, 0.1) is 6.20 Å². The molecule has 7 nitrogen and oxygen atoms in total. The van der Waals surface area contributed by atoms with E-state index in [1.807, 2.05) is 19.3 Å².